The maximum atomic E-state index is 12.1. The Balaban J connectivity index is 2.03. The second-order valence-electron chi connectivity index (χ2n) is 4.82. The predicted octanol–water partition coefficient (Wildman–Crippen LogP) is 3.82. The second-order valence-corrected chi connectivity index (χ2v) is 4.82. The van der Waals surface area contributed by atoms with E-state index >= 15 is 0 Å². The number of benzene rings is 2. The number of carbonyl (C=O) groups is 1. The first-order valence-corrected chi connectivity index (χ1v) is 7.41. The summed E-state index contributed by atoms with van der Waals surface area (Å²) in [6, 6.07) is 12.0. The Morgan fingerprint density at radius 2 is 1.84 bits per heavy atom. The highest BCUT2D eigenvalue weighted by Crippen LogP contribution is 2.28. The number of alkyl halides is 2. The van der Waals surface area contributed by atoms with Crippen molar-refractivity contribution >= 4 is 5.78 Å². The number of hydrogen-bond donors (Lipinski definition) is 0. The van der Waals surface area contributed by atoms with Crippen LogP contribution in [0.15, 0.2) is 42.5 Å². The van der Waals surface area contributed by atoms with Gasteiger partial charge in [-0.1, -0.05) is 0 Å². The Morgan fingerprint density at radius 1 is 1.12 bits per heavy atom. The zero-order chi connectivity index (χ0) is 18.2. The predicted molar refractivity (Wildman–Crippen MR) is 85.2 cm³/mol. The molecule has 0 aliphatic heterocycles. The van der Waals surface area contributed by atoms with Gasteiger partial charge in [-0.3, -0.25) is 4.79 Å². The number of ether oxygens (including phenoxy) is 3. The third-order valence-electron chi connectivity index (χ3n) is 3.13. The molecule has 5 nitrogen and oxygen atoms in total. The van der Waals surface area contributed by atoms with Crippen molar-refractivity contribution in [2.45, 2.75) is 13.5 Å². The Hall–Kier alpha value is -3.14. The van der Waals surface area contributed by atoms with Gasteiger partial charge in [0.15, 0.2) is 23.9 Å². The molecule has 0 aliphatic rings. The van der Waals surface area contributed by atoms with Crippen LogP contribution in [0.2, 0.25) is 0 Å². The van der Waals surface area contributed by atoms with Crippen LogP contribution < -0.4 is 14.2 Å². The van der Waals surface area contributed by atoms with Gasteiger partial charge in [0.25, 0.3) is 0 Å². The van der Waals surface area contributed by atoms with Crippen molar-refractivity contribution in [3.8, 4) is 23.3 Å². The molecule has 0 unspecified atom stereocenters. The molecule has 25 heavy (non-hydrogen) atoms. The second kappa shape index (κ2) is 8.64. The van der Waals surface area contributed by atoms with Crippen LogP contribution in [-0.2, 0) is 0 Å². The summed E-state index contributed by atoms with van der Waals surface area (Å²) in [5.41, 5.74) is 0.713. The first-order valence-electron chi connectivity index (χ1n) is 7.41. The quantitative estimate of drug-likeness (QED) is 0.679. The van der Waals surface area contributed by atoms with Gasteiger partial charge in [-0.05, 0) is 43.3 Å². The molecular weight excluding hydrogens is 332 g/mol. The number of hydrogen-bond acceptors (Lipinski definition) is 5. The number of rotatable bonds is 8. The summed E-state index contributed by atoms with van der Waals surface area (Å²) < 4.78 is 39.3. The van der Waals surface area contributed by atoms with E-state index in [4.69, 9.17) is 14.7 Å². The lowest BCUT2D eigenvalue weighted by Crippen LogP contribution is -2.12. The molecule has 130 valence electrons. The fourth-order valence-corrected chi connectivity index (χ4v) is 2.01. The van der Waals surface area contributed by atoms with Crippen molar-refractivity contribution in [2.75, 3.05) is 13.2 Å². The normalized spacial score (nSPS) is 10.2. The van der Waals surface area contributed by atoms with Crippen molar-refractivity contribution < 1.29 is 27.8 Å². The number of ketones is 1. The summed E-state index contributed by atoms with van der Waals surface area (Å²) in [6.45, 7) is -1.01. The molecule has 0 atom stereocenters. The van der Waals surface area contributed by atoms with Gasteiger partial charge in [0, 0.05) is 11.6 Å². The van der Waals surface area contributed by atoms with E-state index in [1.807, 2.05) is 6.07 Å². The van der Waals surface area contributed by atoms with Crippen LogP contribution in [0.5, 0.6) is 17.2 Å². The Labute approximate surface area is 143 Å². The van der Waals surface area contributed by atoms with E-state index in [2.05, 4.69) is 4.74 Å². The number of nitriles is 1. The lowest BCUT2D eigenvalue weighted by atomic mass is 10.1. The summed E-state index contributed by atoms with van der Waals surface area (Å²) in [5.74, 6) is 0.343. The van der Waals surface area contributed by atoms with E-state index < -0.39 is 6.61 Å². The summed E-state index contributed by atoms with van der Waals surface area (Å²) >= 11 is 0. The molecule has 0 spiro atoms. The van der Waals surface area contributed by atoms with Gasteiger partial charge in [0.1, 0.15) is 5.75 Å². The monoisotopic (exact) mass is 347 g/mol. The minimum absolute atomic E-state index is 0.0295. The lowest BCUT2D eigenvalue weighted by Gasteiger charge is -2.12. The van der Waals surface area contributed by atoms with Gasteiger partial charge in [-0.2, -0.15) is 14.0 Å². The number of halogens is 2. The number of carbonyl (C=O) groups excluding carboxylic acids is 1. The molecule has 0 saturated carbocycles. The molecule has 0 amide bonds. The molecule has 0 aromatic heterocycles. The summed E-state index contributed by atoms with van der Waals surface area (Å²) in [6.07, 6.45) is 0. The minimum atomic E-state index is -2.92. The van der Waals surface area contributed by atoms with E-state index in [0.717, 1.165) is 0 Å². The van der Waals surface area contributed by atoms with Gasteiger partial charge >= 0.3 is 6.61 Å². The largest absolute Gasteiger partial charge is 0.490 e. The van der Waals surface area contributed by atoms with E-state index in [1.165, 1.54) is 30.3 Å². The topological polar surface area (TPSA) is 68.5 Å². The van der Waals surface area contributed by atoms with Crippen LogP contribution in [0.3, 0.4) is 0 Å². The van der Waals surface area contributed by atoms with Crippen molar-refractivity contribution in [3.05, 3.63) is 53.6 Å². The van der Waals surface area contributed by atoms with Gasteiger partial charge in [-0.15, -0.1) is 0 Å². The Morgan fingerprint density at radius 3 is 2.44 bits per heavy atom. The Kier molecular flexibility index (Phi) is 6.29. The van der Waals surface area contributed by atoms with Gasteiger partial charge < -0.3 is 14.2 Å². The smallest absolute Gasteiger partial charge is 0.387 e. The molecular formula is C18H15F2NO4. The number of Topliss-reactive ketones (excluding diaryl/α,β-unsaturated/α-hetero) is 1. The highest BCUT2D eigenvalue weighted by atomic mass is 19.3. The molecule has 2 aromatic carbocycles. The van der Waals surface area contributed by atoms with Crippen molar-refractivity contribution in [3.63, 3.8) is 0 Å². The first kappa shape index (κ1) is 18.2. The van der Waals surface area contributed by atoms with E-state index in [1.54, 1.807) is 19.1 Å². The van der Waals surface area contributed by atoms with Crippen molar-refractivity contribution in [1.82, 2.24) is 0 Å². The van der Waals surface area contributed by atoms with Crippen LogP contribution in [0.4, 0.5) is 8.78 Å². The van der Waals surface area contributed by atoms with Crippen LogP contribution >= 0.6 is 0 Å². The van der Waals surface area contributed by atoms with Crippen molar-refractivity contribution in [1.29, 1.82) is 5.26 Å². The van der Waals surface area contributed by atoms with Crippen LogP contribution in [-0.4, -0.2) is 25.6 Å². The third-order valence-corrected chi connectivity index (χ3v) is 3.13. The maximum absolute atomic E-state index is 12.1. The van der Waals surface area contributed by atoms with Gasteiger partial charge in [0.2, 0.25) is 0 Å². The minimum Gasteiger partial charge on any atom is -0.490 e. The third kappa shape index (κ3) is 5.18. The lowest BCUT2D eigenvalue weighted by molar-refractivity contribution is -0.0498. The Bertz CT molecular complexity index is 770. The maximum Gasteiger partial charge on any atom is 0.387 e. The molecule has 0 saturated heterocycles. The molecule has 0 N–H and O–H groups in total. The average Bonchev–Trinajstić information content (AvgIpc) is 2.60. The van der Waals surface area contributed by atoms with E-state index in [9.17, 15) is 13.6 Å². The van der Waals surface area contributed by atoms with Crippen LogP contribution in [0.1, 0.15) is 22.8 Å². The highest BCUT2D eigenvalue weighted by Gasteiger charge is 2.12. The summed E-state index contributed by atoms with van der Waals surface area (Å²) in [4.78, 5) is 12.1. The van der Waals surface area contributed by atoms with Crippen molar-refractivity contribution in [2.24, 2.45) is 0 Å². The van der Waals surface area contributed by atoms with Gasteiger partial charge in [-0.25, -0.2) is 0 Å². The summed E-state index contributed by atoms with van der Waals surface area (Å²) in [5, 5.41) is 8.91. The highest BCUT2D eigenvalue weighted by molar-refractivity contribution is 5.97. The van der Waals surface area contributed by atoms with Gasteiger partial charge in [0.05, 0.1) is 18.2 Å². The summed E-state index contributed by atoms with van der Waals surface area (Å²) in [7, 11) is 0. The first-order chi connectivity index (χ1) is 12.0. The molecule has 0 bridgehead atoms. The molecule has 2 aromatic rings. The molecule has 0 aliphatic carbocycles. The molecule has 0 heterocycles. The van der Waals surface area contributed by atoms with Crippen LogP contribution in [0, 0.1) is 11.3 Å². The average molecular weight is 347 g/mol. The standard InChI is InChI=1S/C18H15F2NO4/c1-2-23-17-9-12(10-21)3-8-16(17)24-11-15(22)13-4-6-14(7-5-13)25-18(19)20/h3-9,18H,2,11H2,1H3. The zero-order valence-electron chi connectivity index (χ0n) is 13.4. The van der Waals surface area contributed by atoms with E-state index in [-0.39, 0.29) is 18.1 Å². The fraction of sp³-hybridized carbons (Fsp3) is 0.222. The molecule has 0 radical (unpaired) electrons. The van der Waals surface area contributed by atoms with Crippen LogP contribution in [0.25, 0.3) is 0 Å². The van der Waals surface area contributed by atoms with E-state index in [0.29, 0.717) is 29.2 Å². The number of nitrogens with zero attached hydrogens (tertiary/aromatic N) is 1. The molecule has 0 fully saturated rings. The molecule has 2 rings (SSSR count). The zero-order valence-corrected chi connectivity index (χ0v) is 13.4. The molecule has 7 heteroatoms. The SMILES string of the molecule is CCOc1cc(C#N)ccc1OCC(=O)c1ccc(OC(F)F)cc1. The fourth-order valence-electron chi connectivity index (χ4n) is 2.01.